The monoisotopic (exact) mass is 511 g/mol. The fourth-order valence-corrected chi connectivity index (χ4v) is 3.72. The van der Waals surface area contributed by atoms with Crippen LogP contribution in [0.15, 0.2) is 79.5 Å². The topological polar surface area (TPSA) is 99.5 Å². The maximum atomic E-state index is 12.3. The molecule has 5 N–H and O–H groups in total. The molecule has 0 heterocycles. The van der Waals surface area contributed by atoms with E-state index < -0.39 is 18.8 Å². The lowest BCUT2D eigenvalue weighted by Gasteiger charge is -2.23. The Balaban J connectivity index is 1.79. The number of nitrogens with zero attached hydrogens (tertiary/aromatic N) is 1. The highest BCUT2D eigenvalue weighted by molar-refractivity contribution is 5.90. The number of benzene rings is 3. The number of halogens is 3. The van der Waals surface area contributed by atoms with Crippen LogP contribution in [0.1, 0.15) is 18.4 Å². The van der Waals surface area contributed by atoms with Crippen molar-refractivity contribution < 1.29 is 22.8 Å². The van der Waals surface area contributed by atoms with E-state index in [1.165, 1.54) is 0 Å². The Morgan fingerprint density at radius 2 is 1.73 bits per heavy atom. The molecule has 0 fully saturated rings. The molecule has 1 atom stereocenters. The van der Waals surface area contributed by atoms with Gasteiger partial charge >= 0.3 is 12.2 Å². The van der Waals surface area contributed by atoms with Crippen LogP contribution in [0.5, 0.6) is 0 Å². The number of hydrogen-bond donors (Lipinski definition) is 4. The molecule has 10 heteroatoms. The molecule has 3 rings (SSSR count). The first-order chi connectivity index (χ1) is 17.5. The Kier molecular flexibility index (Phi) is 8.44. The van der Waals surface area contributed by atoms with Crippen LogP contribution in [0.2, 0.25) is 0 Å². The lowest BCUT2D eigenvalue weighted by molar-refractivity contribution is -0.123. The number of nitrogens with two attached hydrogens (primary N) is 1. The van der Waals surface area contributed by atoms with Gasteiger partial charge in [0.15, 0.2) is 0 Å². The highest BCUT2D eigenvalue weighted by Crippen LogP contribution is 2.35. The van der Waals surface area contributed by atoms with Crippen molar-refractivity contribution >= 4 is 34.7 Å². The Hall–Kier alpha value is -4.47. The SMILES string of the molecule is C=CN(c1cccc(NC(=O)NCC(F)(F)F)c1)c1ccc(-c2ccc(C(C)C(=O)NC)cc2)cc1N. The quantitative estimate of drug-likeness (QED) is 0.289. The molecule has 0 aliphatic rings. The summed E-state index contributed by atoms with van der Waals surface area (Å²) in [5.41, 5.74) is 11.0. The minimum atomic E-state index is -4.51. The number of nitrogens with one attached hydrogen (secondary N) is 3. The first-order valence-corrected chi connectivity index (χ1v) is 11.4. The van der Waals surface area contributed by atoms with Crippen molar-refractivity contribution in [1.82, 2.24) is 10.6 Å². The summed E-state index contributed by atoms with van der Waals surface area (Å²) in [6.45, 7) is 4.25. The lowest BCUT2D eigenvalue weighted by atomic mass is 9.96. The van der Waals surface area contributed by atoms with Crippen LogP contribution in [0.4, 0.5) is 40.7 Å². The number of anilines is 4. The van der Waals surface area contributed by atoms with Gasteiger partial charge < -0.3 is 26.6 Å². The maximum absolute atomic E-state index is 12.3. The number of hydrogen-bond acceptors (Lipinski definition) is 4. The van der Waals surface area contributed by atoms with Crippen LogP contribution >= 0.6 is 0 Å². The standard InChI is InChI=1S/C27H28F3N5O2/c1-4-35(22-7-5-6-21(15-22)34-26(37)33-16-27(28,29)30)24-13-12-20(14-23(24)31)19-10-8-18(9-11-19)17(2)25(36)32-3/h4-15,17H,1,16,31H2,2-3H3,(H,32,36)(H2,33,34,37). The second-order valence-corrected chi connectivity index (χ2v) is 8.26. The molecule has 0 aliphatic carbocycles. The third kappa shape index (κ3) is 7.03. The van der Waals surface area contributed by atoms with E-state index in [9.17, 15) is 22.8 Å². The predicted octanol–water partition coefficient (Wildman–Crippen LogP) is 5.75. The molecule has 0 bridgehead atoms. The van der Waals surface area contributed by atoms with Crippen molar-refractivity contribution in [2.75, 3.05) is 29.5 Å². The summed E-state index contributed by atoms with van der Waals surface area (Å²) < 4.78 is 37.0. The van der Waals surface area contributed by atoms with Crippen molar-refractivity contribution in [3.8, 4) is 11.1 Å². The van der Waals surface area contributed by atoms with Gasteiger partial charge in [-0.05, 0) is 53.9 Å². The number of carbonyl (C=O) groups excluding carboxylic acids is 2. The number of carbonyl (C=O) groups is 2. The van der Waals surface area contributed by atoms with Gasteiger partial charge in [-0.25, -0.2) is 4.79 Å². The van der Waals surface area contributed by atoms with Gasteiger partial charge in [0.25, 0.3) is 0 Å². The van der Waals surface area contributed by atoms with Gasteiger partial charge in [-0.3, -0.25) is 4.79 Å². The van der Waals surface area contributed by atoms with E-state index in [1.807, 2.05) is 49.4 Å². The summed E-state index contributed by atoms with van der Waals surface area (Å²) in [6, 6.07) is 18.8. The summed E-state index contributed by atoms with van der Waals surface area (Å²) >= 11 is 0. The van der Waals surface area contributed by atoms with Gasteiger partial charge in [0.05, 0.1) is 17.3 Å². The Morgan fingerprint density at radius 1 is 1.05 bits per heavy atom. The third-order valence-corrected chi connectivity index (χ3v) is 5.68. The summed E-state index contributed by atoms with van der Waals surface area (Å²) in [5, 5.41) is 6.80. The van der Waals surface area contributed by atoms with Gasteiger partial charge in [0, 0.05) is 24.6 Å². The molecule has 0 aliphatic heterocycles. The second-order valence-electron chi connectivity index (χ2n) is 8.26. The fourth-order valence-electron chi connectivity index (χ4n) is 3.72. The molecule has 1 unspecified atom stereocenters. The smallest absolute Gasteiger partial charge is 0.397 e. The third-order valence-electron chi connectivity index (χ3n) is 5.68. The van der Waals surface area contributed by atoms with Crippen molar-refractivity contribution in [1.29, 1.82) is 0 Å². The molecule has 0 saturated heterocycles. The van der Waals surface area contributed by atoms with Crippen molar-refractivity contribution in [2.45, 2.75) is 19.0 Å². The van der Waals surface area contributed by atoms with Gasteiger partial charge in [-0.15, -0.1) is 0 Å². The normalized spacial score (nSPS) is 11.8. The highest BCUT2D eigenvalue weighted by atomic mass is 19.4. The van der Waals surface area contributed by atoms with Crippen LogP contribution in [-0.4, -0.2) is 31.7 Å². The molecule has 37 heavy (non-hydrogen) atoms. The molecule has 7 nitrogen and oxygen atoms in total. The number of likely N-dealkylation sites (N-methyl/N-ethyl adjacent to an activating group) is 1. The van der Waals surface area contributed by atoms with Gasteiger partial charge in [0.2, 0.25) is 5.91 Å². The average molecular weight is 512 g/mol. The Morgan fingerprint density at radius 3 is 2.32 bits per heavy atom. The van der Waals surface area contributed by atoms with E-state index in [-0.39, 0.29) is 11.8 Å². The first-order valence-electron chi connectivity index (χ1n) is 11.4. The first kappa shape index (κ1) is 27.1. The zero-order valence-electron chi connectivity index (χ0n) is 20.4. The number of urea groups is 1. The van der Waals surface area contributed by atoms with E-state index in [0.29, 0.717) is 22.7 Å². The zero-order valence-corrected chi connectivity index (χ0v) is 20.4. The summed E-state index contributed by atoms with van der Waals surface area (Å²) in [6.07, 6.45) is -2.96. The molecule has 194 valence electrons. The van der Waals surface area contributed by atoms with Crippen LogP contribution in [0.3, 0.4) is 0 Å². The molecule has 0 spiro atoms. The predicted molar refractivity (Wildman–Crippen MR) is 141 cm³/mol. The highest BCUT2D eigenvalue weighted by Gasteiger charge is 2.27. The largest absolute Gasteiger partial charge is 0.405 e. The van der Waals surface area contributed by atoms with Crippen molar-refractivity contribution in [2.24, 2.45) is 0 Å². The van der Waals surface area contributed by atoms with Crippen LogP contribution in [0, 0.1) is 0 Å². The van der Waals surface area contributed by atoms with E-state index in [1.54, 1.807) is 47.7 Å². The zero-order chi connectivity index (χ0) is 27.2. The fraction of sp³-hybridized carbons (Fsp3) is 0.185. The number of amides is 3. The van der Waals surface area contributed by atoms with E-state index in [2.05, 4.69) is 17.2 Å². The Bertz CT molecular complexity index is 1280. The van der Waals surface area contributed by atoms with Gasteiger partial charge in [-0.2, -0.15) is 13.2 Å². The van der Waals surface area contributed by atoms with Gasteiger partial charge in [-0.1, -0.05) is 43.0 Å². The number of rotatable bonds is 8. The Labute approximate surface area is 213 Å². The van der Waals surface area contributed by atoms with Crippen LogP contribution < -0.4 is 26.6 Å². The molecule has 0 aromatic heterocycles. The molecule has 0 saturated carbocycles. The maximum Gasteiger partial charge on any atom is 0.405 e. The number of alkyl halides is 3. The lowest BCUT2D eigenvalue weighted by Crippen LogP contribution is -2.36. The molecule has 3 amide bonds. The van der Waals surface area contributed by atoms with E-state index in [4.69, 9.17) is 5.73 Å². The molecule has 3 aromatic carbocycles. The molecular formula is C27H28F3N5O2. The van der Waals surface area contributed by atoms with Crippen molar-refractivity contribution in [3.05, 3.63) is 85.1 Å². The second kappa shape index (κ2) is 11.5. The minimum absolute atomic E-state index is 0.0629. The van der Waals surface area contributed by atoms with Crippen molar-refractivity contribution in [3.63, 3.8) is 0 Å². The average Bonchev–Trinajstić information content (AvgIpc) is 2.88. The minimum Gasteiger partial charge on any atom is -0.397 e. The summed E-state index contributed by atoms with van der Waals surface area (Å²) in [5.74, 6) is -0.333. The molecule has 3 aromatic rings. The number of nitrogen functional groups attached to an aromatic ring is 1. The summed E-state index contributed by atoms with van der Waals surface area (Å²) in [7, 11) is 1.60. The van der Waals surface area contributed by atoms with Gasteiger partial charge in [0.1, 0.15) is 6.54 Å². The summed E-state index contributed by atoms with van der Waals surface area (Å²) in [4.78, 5) is 25.4. The molecule has 0 radical (unpaired) electrons. The van der Waals surface area contributed by atoms with Crippen LogP contribution in [0.25, 0.3) is 11.1 Å². The van der Waals surface area contributed by atoms with E-state index in [0.717, 1.165) is 16.7 Å². The van der Waals surface area contributed by atoms with E-state index >= 15 is 0 Å². The van der Waals surface area contributed by atoms with Crippen LogP contribution in [-0.2, 0) is 4.79 Å². The molecular weight excluding hydrogens is 483 g/mol.